The summed E-state index contributed by atoms with van der Waals surface area (Å²) >= 11 is 3.34. The van der Waals surface area contributed by atoms with E-state index in [9.17, 15) is 14.4 Å². The largest absolute Gasteiger partial charge is 0.481 e. The van der Waals surface area contributed by atoms with Crippen LogP contribution < -0.4 is 20.9 Å². The highest BCUT2D eigenvalue weighted by atomic mass is 79.9. The predicted octanol–water partition coefficient (Wildman–Crippen LogP) is 3.21. The number of halogens is 1. The van der Waals surface area contributed by atoms with E-state index in [2.05, 4.69) is 32.1 Å². The molecule has 0 unspecified atom stereocenters. The molecular weight excluding hydrogens is 450 g/mol. The third-order valence-corrected chi connectivity index (χ3v) is 5.10. The Balaban J connectivity index is 1.94. The maximum absolute atomic E-state index is 12.7. The van der Waals surface area contributed by atoms with Crippen LogP contribution in [0.25, 0.3) is 0 Å². The summed E-state index contributed by atoms with van der Waals surface area (Å²) in [6, 6.07) is 14.9. The van der Waals surface area contributed by atoms with Gasteiger partial charge < -0.3 is 10.1 Å². The summed E-state index contributed by atoms with van der Waals surface area (Å²) in [5.41, 5.74) is 5.21. The zero-order valence-electron chi connectivity index (χ0n) is 17.1. The Bertz CT molecular complexity index is 876. The Morgan fingerprint density at radius 1 is 0.967 bits per heavy atom. The lowest BCUT2D eigenvalue weighted by Gasteiger charge is -2.24. The number of hydrogen-bond donors (Lipinski definition) is 3. The minimum atomic E-state index is -0.833. The van der Waals surface area contributed by atoms with E-state index in [1.807, 2.05) is 26.0 Å². The molecule has 0 fully saturated rings. The number of carbonyl (C=O) groups excluding carboxylic acids is 3. The van der Waals surface area contributed by atoms with Crippen LogP contribution in [0.2, 0.25) is 0 Å². The number of hydrogen-bond acceptors (Lipinski definition) is 4. The van der Waals surface area contributed by atoms with Gasteiger partial charge in [0.15, 0.2) is 6.10 Å². The molecule has 0 radical (unpaired) electrons. The average Bonchev–Trinajstić information content (AvgIpc) is 2.75. The molecule has 0 aromatic heterocycles. The normalized spacial score (nSPS) is 13.5. The van der Waals surface area contributed by atoms with Gasteiger partial charge in [-0.25, -0.2) is 0 Å². The first kappa shape index (κ1) is 23.4. The van der Waals surface area contributed by atoms with Crippen molar-refractivity contribution in [3.8, 4) is 5.75 Å². The second-order valence-electron chi connectivity index (χ2n) is 6.90. The molecule has 0 saturated carbocycles. The molecule has 2 aromatic rings. The lowest BCUT2D eigenvalue weighted by molar-refractivity contribution is -0.133. The van der Waals surface area contributed by atoms with Crippen molar-refractivity contribution < 1.29 is 19.1 Å². The van der Waals surface area contributed by atoms with Crippen LogP contribution in [0.1, 0.15) is 37.6 Å². The van der Waals surface area contributed by atoms with E-state index >= 15 is 0 Å². The standard InChI is InChI=1S/C22H26BrN3O4/c1-4-14(2)19(24-21(28)16-9-6-5-7-10-16)22(29)26-25-20(27)15(3)30-18-12-8-11-17(23)13-18/h5-15,19H,4H2,1-3H3,(H,24,28)(H,25,27)(H,26,29)/t14-,15+,19+/m0/s1. The van der Waals surface area contributed by atoms with E-state index in [4.69, 9.17) is 4.74 Å². The van der Waals surface area contributed by atoms with Crippen LogP contribution in [0.5, 0.6) is 5.75 Å². The fraction of sp³-hybridized carbons (Fsp3) is 0.318. The number of carbonyl (C=O) groups is 3. The van der Waals surface area contributed by atoms with E-state index in [1.165, 1.54) is 0 Å². The molecule has 3 amide bonds. The molecule has 0 saturated heterocycles. The molecule has 30 heavy (non-hydrogen) atoms. The molecule has 8 heteroatoms. The molecule has 0 aliphatic carbocycles. The van der Waals surface area contributed by atoms with Crippen molar-refractivity contribution in [3.05, 3.63) is 64.6 Å². The van der Waals surface area contributed by atoms with Crippen LogP contribution in [-0.2, 0) is 9.59 Å². The molecule has 3 N–H and O–H groups in total. The molecule has 0 spiro atoms. The van der Waals surface area contributed by atoms with Crippen molar-refractivity contribution in [2.75, 3.05) is 0 Å². The van der Waals surface area contributed by atoms with Gasteiger partial charge >= 0.3 is 0 Å². The number of ether oxygens (including phenoxy) is 1. The Morgan fingerprint density at radius 3 is 2.27 bits per heavy atom. The summed E-state index contributed by atoms with van der Waals surface area (Å²) in [6.07, 6.45) is -0.163. The fourth-order valence-electron chi connectivity index (χ4n) is 2.62. The topological polar surface area (TPSA) is 96.5 Å². The van der Waals surface area contributed by atoms with E-state index < -0.39 is 24.0 Å². The summed E-state index contributed by atoms with van der Waals surface area (Å²) in [6.45, 7) is 5.36. The first-order valence-corrected chi connectivity index (χ1v) is 10.5. The molecule has 0 bridgehead atoms. The summed E-state index contributed by atoms with van der Waals surface area (Å²) in [7, 11) is 0. The number of nitrogens with one attached hydrogen (secondary N) is 3. The molecule has 0 aliphatic rings. The molecule has 3 atom stereocenters. The van der Waals surface area contributed by atoms with E-state index in [0.29, 0.717) is 17.7 Å². The zero-order chi connectivity index (χ0) is 22.1. The van der Waals surface area contributed by atoms with Gasteiger partial charge in [0.2, 0.25) is 0 Å². The van der Waals surface area contributed by atoms with Crippen molar-refractivity contribution in [2.45, 2.75) is 39.3 Å². The summed E-state index contributed by atoms with van der Waals surface area (Å²) in [5, 5.41) is 2.74. The first-order valence-electron chi connectivity index (χ1n) is 9.69. The Morgan fingerprint density at radius 2 is 1.63 bits per heavy atom. The third-order valence-electron chi connectivity index (χ3n) is 4.61. The van der Waals surface area contributed by atoms with Gasteiger partial charge in [0.25, 0.3) is 17.7 Å². The van der Waals surface area contributed by atoms with Gasteiger partial charge in [-0.05, 0) is 43.2 Å². The summed E-state index contributed by atoms with van der Waals surface area (Å²) < 4.78 is 6.40. The number of benzene rings is 2. The quantitative estimate of drug-likeness (QED) is 0.510. The van der Waals surface area contributed by atoms with Crippen LogP contribution in [0.15, 0.2) is 59.1 Å². The molecule has 160 valence electrons. The molecule has 2 aromatic carbocycles. The molecule has 7 nitrogen and oxygen atoms in total. The average molecular weight is 476 g/mol. The Kier molecular flexibility index (Phi) is 8.86. The molecule has 2 rings (SSSR count). The minimum Gasteiger partial charge on any atom is -0.481 e. The van der Waals surface area contributed by atoms with E-state index in [0.717, 1.165) is 4.47 Å². The van der Waals surface area contributed by atoms with Gasteiger partial charge in [-0.3, -0.25) is 25.2 Å². The zero-order valence-corrected chi connectivity index (χ0v) is 18.7. The monoisotopic (exact) mass is 475 g/mol. The fourth-order valence-corrected chi connectivity index (χ4v) is 2.99. The lowest BCUT2D eigenvalue weighted by atomic mass is 9.98. The van der Waals surface area contributed by atoms with Crippen LogP contribution in [0.4, 0.5) is 0 Å². The smallest absolute Gasteiger partial charge is 0.279 e. The second kappa shape index (κ2) is 11.3. The molecule has 0 aliphatic heterocycles. The van der Waals surface area contributed by atoms with Gasteiger partial charge in [0, 0.05) is 10.0 Å². The molecular formula is C22H26BrN3O4. The highest BCUT2D eigenvalue weighted by Crippen LogP contribution is 2.18. The van der Waals surface area contributed by atoms with Crippen molar-refractivity contribution in [3.63, 3.8) is 0 Å². The third kappa shape index (κ3) is 6.88. The van der Waals surface area contributed by atoms with E-state index in [-0.39, 0.29) is 11.8 Å². The Labute approximate surface area is 184 Å². The van der Waals surface area contributed by atoms with Crippen molar-refractivity contribution in [1.82, 2.24) is 16.2 Å². The summed E-state index contributed by atoms with van der Waals surface area (Å²) in [4.78, 5) is 37.4. The SMILES string of the molecule is CC[C@H](C)[C@@H](NC(=O)c1ccccc1)C(=O)NNC(=O)[C@@H](C)Oc1cccc(Br)c1. The maximum Gasteiger partial charge on any atom is 0.279 e. The van der Waals surface area contributed by atoms with Gasteiger partial charge in [0.1, 0.15) is 11.8 Å². The minimum absolute atomic E-state index is 0.134. The van der Waals surface area contributed by atoms with E-state index in [1.54, 1.807) is 49.4 Å². The summed E-state index contributed by atoms with van der Waals surface area (Å²) in [5.74, 6) is -0.984. The maximum atomic E-state index is 12.7. The first-order chi connectivity index (χ1) is 14.3. The van der Waals surface area contributed by atoms with Gasteiger partial charge in [-0.15, -0.1) is 0 Å². The van der Waals surface area contributed by atoms with Crippen molar-refractivity contribution >= 4 is 33.7 Å². The van der Waals surface area contributed by atoms with Gasteiger partial charge in [0.05, 0.1) is 0 Å². The Hall–Kier alpha value is -2.87. The van der Waals surface area contributed by atoms with Gasteiger partial charge in [-0.1, -0.05) is 60.5 Å². The van der Waals surface area contributed by atoms with Crippen molar-refractivity contribution in [2.24, 2.45) is 5.92 Å². The van der Waals surface area contributed by atoms with Crippen LogP contribution in [0, 0.1) is 5.92 Å². The predicted molar refractivity (Wildman–Crippen MR) is 118 cm³/mol. The van der Waals surface area contributed by atoms with Gasteiger partial charge in [-0.2, -0.15) is 0 Å². The van der Waals surface area contributed by atoms with Crippen LogP contribution in [-0.4, -0.2) is 29.9 Å². The van der Waals surface area contributed by atoms with Crippen molar-refractivity contribution in [1.29, 1.82) is 0 Å². The van der Waals surface area contributed by atoms with Crippen LogP contribution in [0.3, 0.4) is 0 Å². The van der Waals surface area contributed by atoms with Crippen LogP contribution >= 0.6 is 15.9 Å². The highest BCUT2D eigenvalue weighted by molar-refractivity contribution is 9.10. The second-order valence-corrected chi connectivity index (χ2v) is 7.81. The number of rotatable bonds is 8. The lowest BCUT2D eigenvalue weighted by Crippen LogP contribution is -2.56. The molecule has 0 heterocycles. The number of amides is 3. The highest BCUT2D eigenvalue weighted by Gasteiger charge is 2.27. The number of hydrazine groups is 1.